The smallest absolute Gasteiger partial charge is 0.418 e. The molecule has 4 atom stereocenters. The predicted molar refractivity (Wildman–Crippen MR) is 221 cm³/mol. The number of esters is 2. The van der Waals surface area contributed by atoms with Crippen molar-refractivity contribution in [2.24, 2.45) is 10.8 Å². The second-order valence-electron chi connectivity index (χ2n) is 20.7. The predicted octanol–water partition coefficient (Wildman–Crippen LogP) is 9.16. The van der Waals surface area contributed by atoms with Gasteiger partial charge in [-0.15, -0.1) is 0 Å². The Kier molecular flexibility index (Phi) is 11.0. The van der Waals surface area contributed by atoms with E-state index in [1.807, 2.05) is 36.4 Å². The van der Waals surface area contributed by atoms with Gasteiger partial charge in [-0.25, -0.2) is 9.59 Å². The van der Waals surface area contributed by atoms with E-state index in [1.54, 1.807) is 0 Å². The molecule has 2 aliphatic carbocycles. The van der Waals surface area contributed by atoms with Crippen molar-refractivity contribution in [3.05, 3.63) is 70.0 Å². The zero-order valence-corrected chi connectivity index (χ0v) is 35.5. The van der Waals surface area contributed by atoms with Gasteiger partial charge in [-0.2, -0.15) is 0 Å². The normalized spacial score (nSPS) is 20.4. The fraction of sp³-hybridized carbons (Fsp3) is 0.565. The van der Waals surface area contributed by atoms with Crippen LogP contribution in [-0.2, 0) is 31.9 Å². The number of hydrogen-bond acceptors (Lipinski definition) is 8. The zero-order chi connectivity index (χ0) is 41.1. The molecule has 2 aromatic carbocycles. The third-order valence-electron chi connectivity index (χ3n) is 10.4. The molecule has 0 amide bonds. The molecule has 6 rings (SSSR count). The van der Waals surface area contributed by atoms with Gasteiger partial charge in [0.25, 0.3) is 0 Å². The molecule has 0 aliphatic heterocycles. The van der Waals surface area contributed by atoms with Crippen LogP contribution in [0.1, 0.15) is 164 Å². The van der Waals surface area contributed by atoms with Crippen molar-refractivity contribution < 1.29 is 28.7 Å². The van der Waals surface area contributed by atoms with Gasteiger partial charge in [0, 0.05) is 81.8 Å². The maximum atomic E-state index is 13.8. The van der Waals surface area contributed by atoms with Gasteiger partial charge in [0.1, 0.15) is 12.2 Å². The molecule has 4 aromatic rings. The lowest BCUT2D eigenvalue weighted by molar-refractivity contribution is -0.176. The van der Waals surface area contributed by atoms with Crippen LogP contribution < -0.4 is 10.6 Å². The number of Topliss-reactive ketones (excluding diaryl/α,β-unsaturated/α-hetero) is 2. The van der Waals surface area contributed by atoms with Crippen molar-refractivity contribution in [3.8, 4) is 0 Å². The standard InChI is InChI=1S/C46H62N4O6/c1-43(2,3)23-35(51)25-13-15-33-29(17-25)31-19-27(49-45(7,8)9)21-37(39(31)47-33)55-41(53)42(54)56-38-22-28(50-46(10,11)12)20-32-30-18-26(36(52)24-44(4,5)6)14-16-34(30)48-40(32)38/h13-18,27-28,37-38,47-50H,19-24H2,1-12H3. The first-order valence-electron chi connectivity index (χ1n) is 20.1. The third kappa shape index (κ3) is 9.80. The van der Waals surface area contributed by atoms with E-state index in [1.165, 1.54) is 0 Å². The van der Waals surface area contributed by atoms with Crippen molar-refractivity contribution >= 4 is 45.3 Å². The van der Waals surface area contributed by atoms with E-state index in [0.717, 1.165) is 44.3 Å². The number of ketones is 2. The Morgan fingerprint density at radius 3 is 1.27 bits per heavy atom. The third-order valence-corrected chi connectivity index (χ3v) is 10.4. The number of nitrogens with one attached hydrogen (secondary N) is 4. The Balaban J connectivity index is 1.28. The Morgan fingerprint density at radius 2 is 0.946 bits per heavy atom. The Morgan fingerprint density at radius 1 is 0.589 bits per heavy atom. The SMILES string of the molecule is CC(C)(C)CC(=O)c1ccc2[nH]c3c(c2c1)CC(NC(C)(C)C)CC3OC(=O)C(=O)OC1CC(NC(C)(C)C)Cc2c1[nH]c1ccc(C(=O)CC(C)(C)C)cc21. The summed E-state index contributed by atoms with van der Waals surface area (Å²) in [6.45, 7) is 24.9. The van der Waals surface area contributed by atoms with Crippen molar-refractivity contribution in [1.82, 2.24) is 20.6 Å². The van der Waals surface area contributed by atoms with Gasteiger partial charge >= 0.3 is 11.9 Å². The summed E-state index contributed by atoms with van der Waals surface area (Å²) < 4.78 is 12.1. The summed E-state index contributed by atoms with van der Waals surface area (Å²) >= 11 is 0. The molecular formula is C46H62N4O6. The molecule has 4 N–H and O–H groups in total. The maximum absolute atomic E-state index is 13.8. The van der Waals surface area contributed by atoms with E-state index < -0.39 is 24.1 Å². The molecule has 2 heterocycles. The molecule has 0 radical (unpaired) electrons. The topological polar surface area (TPSA) is 142 Å². The average Bonchev–Trinajstić information content (AvgIpc) is 3.59. The van der Waals surface area contributed by atoms with Gasteiger partial charge in [-0.3, -0.25) is 9.59 Å². The molecule has 2 aliphatic rings. The summed E-state index contributed by atoms with van der Waals surface area (Å²) in [5.41, 5.74) is 5.66. The zero-order valence-electron chi connectivity index (χ0n) is 35.5. The van der Waals surface area contributed by atoms with Crippen LogP contribution in [0.5, 0.6) is 0 Å². The Bertz CT molecular complexity index is 2010. The van der Waals surface area contributed by atoms with Crippen LogP contribution in [0.15, 0.2) is 36.4 Å². The minimum absolute atomic E-state index is 0.0547. The first-order valence-corrected chi connectivity index (χ1v) is 20.1. The summed E-state index contributed by atoms with van der Waals surface area (Å²) in [6.07, 6.45) is 1.60. The summed E-state index contributed by atoms with van der Waals surface area (Å²) in [5, 5.41) is 9.17. The molecule has 302 valence electrons. The Labute approximate surface area is 331 Å². The number of rotatable bonds is 8. The van der Waals surface area contributed by atoms with Crippen LogP contribution in [0.4, 0.5) is 0 Å². The molecule has 4 unspecified atom stereocenters. The number of benzene rings is 2. The molecule has 0 saturated heterocycles. The minimum Gasteiger partial charge on any atom is -0.447 e. The van der Waals surface area contributed by atoms with Gasteiger partial charge in [-0.1, -0.05) is 41.5 Å². The highest BCUT2D eigenvalue weighted by molar-refractivity contribution is 6.29. The molecular weight excluding hydrogens is 705 g/mol. The van der Waals surface area contributed by atoms with E-state index in [4.69, 9.17) is 9.47 Å². The molecule has 0 fully saturated rings. The first kappa shape index (κ1) is 41.4. The van der Waals surface area contributed by atoms with Gasteiger partial charge in [0.2, 0.25) is 0 Å². The molecule has 0 bridgehead atoms. The van der Waals surface area contributed by atoms with Gasteiger partial charge in [0.15, 0.2) is 11.6 Å². The van der Waals surface area contributed by atoms with Crippen LogP contribution >= 0.6 is 0 Å². The highest BCUT2D eigenvalue weighted by Crippen LogP contribution is 2.41. The second-order valence-corrected chi connectivity index (χ2v) is 20.7. The van der Waals surface area contributed by atoms with Crippen LogP contribution in [-0.4, -0.2) is 56.6 Å². The number of carbonyl (C=O) groups is 4. The highest BCUT2D eigenvalue weighted by Gasteiger charge is 2.39. The van der Waals surface area contributed by atoms with Gasteiger partial charge in [-0.05, 0) is 113 Å². The van der Waals surface area contributed by atoms with Crippen LogP contribution in [0, 0.1) is 10.8 Å². The quantitative estimate of drug-likeness (QED) is 0.0791. The summed E-state index contributed by atoms with van der Waals surface area (Å²) in [6, 6.07) is 11.3. The lowest BCUT2D eigenvalue weighted by Crippen LogP contribution is -2.47. The minimum atomic E-state index is -1.06. The highest BCUT2D eigenvalue weighted by atomic mass is 16.6. The fourth-order valence-electron chi connectivity index (χ4n) is 8.47. The number of H-pyrrole nitrogens is 2. The lowest BCUT2D eigenvalue weighted by Gasteiger charge is -2.35. The van der Waals surface area contributed by atoms with Crippen LogP contribution in [0.2, 0.25) is 0 Å². The number of carbonyl (C=O) groups excluding carboxylic acids is 4. The summed E-state index contributed by atoms with van der Waals surface area (Å²) in [4.78, 5) is 60.9. The number of aromatic nitrogens is 2. The molecule has 0 saturated carbocycles. The van der Waals surface area contributed by atoms with E-state index in [-0.39, 0.29) is 45.6 Å². The van der Waals surface area contributed by atoms with Gasteiger partial charge in [0.05, 0.1) is 11.4 Å². The fourth-order valence-corrected chi connectivity index (χ4v) is 8.47. The van der Waals surface area contributed by atoms with Crippen molar-refractivity contribution in [3.63, 3.8) is 0 Å². The second kappa shape index (κ2) is 14.9. The lowest BCUT2D eigenvalue weighted by atomic mass is 9.86. The summed E-state index contributed by atoms with van der Waals surface area (Å²) in [5.74, 6) is -1.96. The first-order chi connectivity index (χ1) is 25.8. The van der Waals surface area contributed by atoms with Crippen molar-refractivity contribution in [1.29, 1.82) is 0 Å². The number of aromatic amines is 2. The number of fused-ring (bicyclic) bond motifs is 6. The average molecular weight is 767 g/mol. The largest absolute Gasteiger partial charge is 0.447 e. The number of ether oxygens (including phenoxy) is 2. The van der Waals surface area contributed by atoms with E-state index in [0.29, 0.717) is 49.7 Å². The van der Waals surface area contributed by atoms with E-state index in [9.17, 15) is 19.2 Å². The van der Waals surface area contributed by atoms with Crippen molar-refractivity contribution in [2.45, 2.75) is 157 Å². The summed E-state index contributed by atoms with van der Waals surface area (Å²) in [7, 11) is 0. The van der Waals surface area contributed by atoms with Crippen molar-refractivity contribution in [2.75, 3.05) is 0 Å². The molecule has 10 heteroatoms. The molecule has 2 aromatic heterocycles. The monoisotopic (exact) mass is 766 g/mol. The Hall–Kier alpha value is -4.28. The molecule has 56 heavy (non-hydrogen) atoms. The maximum Gasteiger partial charge on any atom is 0.418 e. The molecule has 0 spiro atoms. The number of hydrogen-bond donors (Lipinski definition) is 4. The van der Waals surface area contributed by atoms with Crippen LogP contribution in [0.25, 0.3) is 21.8 Å². The van der Waals surface area contributed by atoms with Gasteiger partial charge < -0.3 is 30.1 Å². The van der Waals surface area contributed by atoms with E-state index in [2.05, 4.69) is 104 Å². The van der Waals surface area contributed by atoms with Crippen LogP contribution in [0.3, 0.4) is 0 Å². The van der Waals surface area contributed by atoms with E-state index >= 15 is 0 Å². The molecule has 10 nitrogen and oxygen atoms in total.